The van der Waals surface area contributed by atoms with E-state index in [2.05, 4.69) is 27.0 Å². The van der Waals surface area contributed by atoms with Gasteiger partial charge in [-0.15, -0.1) is 11.8 Å². The monoisotopic (exact) mass is 320 g/mol. The molecule has 18 heavy (non-hydrogen) atoms. The zero-order valence-corrected chi connectivity index (χ0v) is 12.0. The van der Waals surface area contributed by atoms with E-state index in [4.69, 9.17) is 4.74 Å². The van der Waals surface area contributed by atoms with Crippen LogP contribution in [-0.4, -0.2) is 11.2 Å². The summed E-state index contributed by atoms with van der Waals surface area (Å²) < 4.78 is 6.53. The zero-order valence-electron chi connectivity index (χ0n) is 9.55. The molecule has 1 aromatic carbocycles. The van der Waals surface area contributed by atoms with Crippen LogP contribution in [0, 0.1) is 11.3 Å². The van der Waals surface area contributed by atoms with Gasteiger partial charge >= 0.3 is 0 Å². The van der Waals surface area contributed by atoms with Crippen molar-refractivity contribution in [3.63, 3.8) is 0 Å². The van der Waals surface area contributed by atoms with Gasteiger partial charge in [-0.1, -0.05) is 6.07 Å². The van der Waals surface area contributed by atoms with Crippen LogP contribution in [0.15, 0.2) is 46.0 Å². The predicted octanol–water partition coefficient (Wildman–Crippen LogP) is 4.23. The smallest absolute Gasteiger partial charge is 0.146 e. The number of rotatable bonds is 3. The molecule has 0 radical (unpaired) electrons. The van der Waals surface area contributed by atoms with Gasteiger partial charge in [0.05, 0.1) is 6.20 Å². The molecule has 0 fully saturated rings. The van der Waals surface area contributed by atoms with Crippen LogP contribution in [0.4, 0.5) is 0 Å². The Labute approximate surface area is 118 Å². The molecule has 0 saturated carbocycles. The summed E-state index contributed by atoms with van der Waals surface area (Å²) in [6.07, 6.45) is 5.22. The molecule has 0 aliphatic heterocycles. The molecular weight excluding hydrogens is 312 g/mol. The number of ether oxygens (including phenoxy) is 1. The summed E-state index contributed by atoms with van der Waals surface area (Å²) in [6.45, 7) is 0. The van der Waals surface area contributed by atoms with E-state index < -0.39 is 0 Å². The van der Waals surface area contributed by atoms with Crippen molar-refractivity contribution in [2.24, 2.45) is 0 Å². The maximum absolute atomic E-state index is 9.19. The Balaban J connectivity index is 2.38. The topological polar surface area (TPSA) is 45.9 Å². The molecule has 0 aliphatic carbocycles. The van der Waals surface area contributed by atoms with Crippen molar-refractivity contribution in [1.29, 1.82) is 5.26 Å². The van der Waals surface area contributed by atoms with Gasteiger partial charge in [0.1, 0.15) is 23.1 Å². The second-order valence-corrected chi connectivity index (χ2v) is 5.15. The van der Waals surface area contributed by atoms with Gasteiger partial charge in [-0.2, -0.15) is 5.26 Å². The minimum absolute atomic E-state index is 0.546. The molecule has 0 atom stereocenters. The van der Waals surface area contributed by atoms with Crippen molar-refractivity contribution in [2.75, 3.05) is 6.26 Å². The third-order valence-electron chi connectivity index (χ3n) is 2.23. The minimum Gasteiger partial charge on any atom is -0.454 e. The number of aromatic nitrogens is 1. The Morgan fingerprint density at radius 2 is 2.22 bits per heavy atom. The molecule has 1 heterocycles. The first-order valence-corrected chi connectivity index (χ1v) is 7.12. The van der Waals surface area contributed by atoms with E-state index in [1.54, 1.807) is 24.5 Å². The van der Waals surface area contributed by atoms with Gasteiger partial charge in [-0.3, -0.25) is 4.98 Å². The summed E-state index contributed by atoms with van der Waals surface area (Å²) in [4.78, 5) is 4.92. The van der Waals surface area contributed by atoms with Crippen LogP contribution in [0.2, 0.25) is 0 Å². The Morgan fingerprint density at radius 1 is 1.39 bits per heavy atom. The van der Waals surface area contributed by atoms with Crippen LogP contribution in [0.3, 0.4) is 0 Å². The van der Waals surface area contributed by atoms with Crippen molar-refractivity contribution in [2.45, 2.75) is 4.90 Å². The number of hydrogen-bond acceptors (Lipinski definition) is 4. The fourth-order valence-electron chi connectivity index (χ4n) is 1.45. The highest BCUT2D eigenvalue weighted by Gasteiger charge is 2.09. The molecular formula is C13H9BrN2OS. The van der Waals surface area contributed by atoms with E-state index in [0.29, 0.717) is 17.1 Å². The second kappa shape index (κ2) is 5.89. The average Bonchev–Trinajstić information content (AvgIpc) is 2.38. The lowest BCUT2D eigenvalue weighted by atomic mass is 10.2. The fraction of sp³-hybridized carbons (Fsp3) is 0.0769. The molecule has 1 aromatic heterocycles. The van der Waals surface area contributed by atoms with Crippen LogP contribution < -0.4 is 4.74 Å². The number of halogens is 1. The fourth-order valence-corrected chi connectivity index (χ4v) is 2.36. The molecule has 0 spiro atoms. The number of benzene rings is 1. The van der Waals surface area contributed by atoms with Crippen molar-refractivity contribution in [3.8, 4) is 17.6 Å². The van der Waals surface area contributed by atoms with E-state index in [1.165, 1.54) is 11.8 Å². The SMILES string of the molecule is CSc1cccc(Oc2cncc(Br)c2)c1C#N. The molecule has 0 bridgehead atoms. The quantitative estimate of drug-likeness (QED) is 0.794. The normalized spacial score (nSPS) is 9.83. The zero-order chi connectivity index (χ0) is 13.0. The first kappa shape index (κ1) is 12.9. The molecule has 3 nitrogen and oxygen atoms in total. The van der Waals surface area contributed by atoms with Crippen molar-refractivity contribution in [3.05, 3.63) is 46.7 Å². The standard InChI is InChI=1S/C13H9BrN2OS/c1-18-13-4-2-3-12(11(13)6-15)17-10-5-9(14)7-16-8-10/h2-5,7-8H,1H3. The number of nitriles is 1. The van der Waals surface area contributed by atoms with Crippen molar-refractivity contribution < 1.29 is 4.74 Å². The van der Waals surface area contributed by atoms with Crippen LogP contribution in [0.5, 0.6) is 11.5 Å². The third kappa shape index (κ3) is 2.84. The summed E-state index contributed by atoms with van der Waals surface area (Å²) in [5, 5.41) is 9.19. The maximum atomic E-state index is 9.19. The second-order valence-electron chi connectivity index (χ2n) is 3.39. The number of thioether (sulfide) groups is 1. The van der Waals surface area contributed by atoms with Crippen LogP contribution >= 0.6 is 27.7 Å². The van der Waals surface area contributed by atoms with Crippen LogP contribution in [0.25, 0.3) is 0 Å². The van der Waals surface area contributed by atoms with Gasteiger partial charge in [-0.25, -0.2) is 0 Å². The largest absolute Gasteiger partial charge is 0.454 e. The van der Waals surface area contributed by atoms with Gasteiger partial charge in [-0.05, 0) is 40.4 Å². The summed E-state index contributed by atoms with van der Waals surface area (Å²) in [7, 11) is 0. The molecule has 90 valence electrons. The molecule has 0 saturated heterocycles. The molecule has 2 rings (SSSR count). The lowest BCUT2D eigenvalue weighted by Crippen LogP contribution is -1.90. The third-order valence-corrected chi connectivity index (χ3v) is 3.44. The number of pyridine rings is 1. The molecule has 2 aromatic rings. The highest BCUT2D eigenvalue weighted by Crippen LogP contribution is 2.31. The summed E-state index contributed by atoms with van der Waals surface area (Å²) in [5.74, 6) is 1.14. The molecule has 0 amide bonds. The summed E-state index contributed by atoms with van der Waals surface area (Å²) in [6, 6.07) is 9.52. The minimum atomic E-state index is 0.546. The van der Waals surface area contributed by atoms with E-state index in [-0.39, 0.29) is 0 Å². The Bertz CT molecular complexity index is 610. The average molecular weight is 321 g/mol. The summed E-state index contributed by atoms with van der Waals surface area (Å²) in [5.41, 5.74) is 0.546. The van der Waals surface area contributed by atoms with Crippen LogP contribution in [0.1, 0.15) is 5.56 Å². The van der Waals surface area contributed by atoms with Gasteiger partial charge in [0.15, 0.2) is 0 Å². The maximum Gasteiger partial charge on any atom is 0.146 e. The molecule has 0 N–H and O–H groups in total. The van der Waals surface area contributed by atoms with E-state index in [1.807, 2.05) is 18.4 Å². The summed E-state index contributed by atoms with van der Waals surface area (Å²) >= 11 is 4.85. The van der Waals surface area contributed by atoms with Gasteiger partial charge in [0.2, 0.25) is 0 Å². The molecule has 0 aliphatic rings. The Morgan fingerprint density at radius 3 is 2.89 bits per heavy atom. The molecule has 5 heteroatoms. The first-order chi connectivity index (χ1) is 8.74. The molecule has 0 unspecified atom stereocenters. The van der Waals surface area contributed by atoms with Gasteiger partial charge in [0.25, 0.3) is 0 Å². The lowest BCUT2D eigenvalue weighted by Gasteiger charge is -2.09. The highest BCUT2D eigenvalue weighted by molar-refractivity contribution is 9.10. The number of nitrogens with zero attached hydrogens (tertiary/aromatic N) is 2. The van der Waals surface area contributed by atoms with Crippen molar-refractivity contribution >= 4 is 27.7 Å². The highest BCUT2D eigenvalue weighted by atomic mass is 79.9. The number of hydrogen-bond donors (Lipinski definition) is 0. The van der Waals surface area contributed by atoms with Gasteiger partial charge < -0.3 is 4.74 Å². The predicted molar refractivity (Wildman–Crippen MR) is 74.9 cm³/mol. The van der Waals surface area contributed by atoms with Gasteiger partial charge in [0, 0.05) is 15.6 Å². The first-order valence-electron chi connectivity index (χ1n) is 5.10. The van der Waals surface area contributed by atoms with Crippen LogP contribution in [-0.2, 0) is 0 Å². The Hall–Kier alpha value is -1.51. The Kier molecular flexibility index (Phi) is 4.24. The van der Waals surface area contributed by atoms with Crippen molar-refractivity contribution in [1.82, 2.24) is 4.98 Å². The van der Waals surface area contributed by atoms with E-state index >= 15 is 0 Å². The van der Waals surface area contributed by atoms with E-state index in [0.717, 1.165) is 9.37 Å². The van der Waals surface area contributed by atoms with E-state index in [9.17, 15) is 5.26 Å². The lowest BCUT2D eigenvalue weighted by molar-refractivity contribution is 0.477.